The summed E-state index contributed by atoms with van der Waals surface area (Å²) in [6.07, 6.45) is 1.27. The average molecular weight is 479 g/mol. The van der Waals surface area contributed by atoms with Gasteiger partial charge in [-0.05, 0) is 42.0 Å². The zero-order valence-electron chi connectivity index (χ0n) is 17.7. The van der Waals surface area contributed by atoms with Crippen molar-refractivity contribution >= 4 is 33.5 Å². The molecule has 0 saturated carbocycles. The Morgan fingerprint density at radius 2 is 1.76 bits per heavy atom. The Bertz CT molecular complexity index is 1430. The first-order valence-electron chi connectivity index (χ1n) is 9.58. The number of nitrogens with one attached hydrogen (secondary N) is 1. The van der Waals surface area contributed by atoms with Crippen LogP contribution in [0.4, 0.5) is 11.4 Å². The number of non-ortho nitro benzene ring substituents is 1. The maximum Gasteiger partial charge on any atom is 0.339 e. The van der Waals surface area contributed by atoms with Crippen LogP contribution in [0.1, 0.15) is 5.56 Å². The molecule has 0 aliphatic rings. The second-order valence-corrected chi connectivity index (χ2v) is 8.27. The lowest BCUT2D eigenvalue weighted by Gasteiger charge is -2.08. The van der Waals surface area contributed by atoms with Crippen LogP contribution in [0, 0.1) is 21.4 Å². The molecule has 10 nitrogen and oxygen atoms in total. The molecule has 3 aromatic rings. The van der Waals surface area contributed by atoms with Gasteiger partial charge in [-0.15, -0.1) is 0 Å². The molecule has 1 amide bonds. The molecule has 0 aliphatic carbocycles. The molecule has 0 fully saturated rings. The lowest BCUT2D eigenvalue weighted by Crippen LogP contribution is -2.13. The van der Waals surface area contributed by atoms with Gasteiger partial charge in [-0.3, -0.25) is 14.9 Å². The second-order valence-electron chi connectivity index (χ2n) is 6.72. The van der Waals surface area contributed by atoms with E-state index in [0.717, 1.165) is 12.1 Å². The largest absolute Gasteiger partial charge is 0.497 e. The Morgan fingerprint density at radius 1 is 1.06 bits per heavy atom. The highest BCUT2D eigenvalue weighted by Gasteiger charge is 2.20. The summed E-state index contributed by atoms with van der Waals surface area (Å²) in [5, 5.41) is 22.9. The molecule has 11 heteroatoms. The Hall–Kier alpha value is -4.69. The Labute approximate surface area is 194 Å². The molecule has 0 saturated heterocycles. The molecule has 0 heterocycles. The Morgan fingerprint density at radius 3 is 2.47 bits per heavy atom. The van der Waals surface area contributed by atoms with Crippen LogP contribution in [0.2, 0.25) is 0 Å². The van der Waals surface area contributed by atoms with Gasteiger partial charge in [0, 0.05) is 23.9 Å². The van der Waals surface area contributed by atoms with E-state index in [4.69, 9.17) is 8.92 Å². The van der Waals surface area contributed by atoms with Crippen molar-refractivity contribution in [3.8, 4) is 17.6 Å². The standard InChI is InChI=1S/C23H17N3O7S/c1-32-20-8-3-6-18(13-20)25-23(27)17(15-24)11-16-5-2-9-21(12-16)33-34(30,31)22-10-4-7-19(14-22)26(28)29/h2-14H,1H3,(H,25,27)/b17-11+. The fourth-order valence-corrected chi connectivity index (χ4v) is 3.76. The van der Waals surface area contributed by atoms with E-state index in [2.05, 4.69) is 5.32 Å². The van der Waals surface area contributed by atoms with Gasteiger partial charge in [-0.2, -0.15) is 13.7 Å². The van der Waals surface area contributed by atoms with Crippen molar-refractivity contribution in [1.82, 2.24) is 0 Å². The number of hydrogen-bond donors (Lipinski definition) is 1. The van der Waals surface area contributed by atoms with Gasteiger partial charge in [0.15, 0.2) is 0 Å². The highest BCUT2D eigenvalue weighted by atomic mass is 32.2. The highest BCUT2D eigenvalue weighted by molar-refractivity contribution is 7.87. The molecule has 0 atom stereocenters. The van der Waals surface area contributed by atoms with Crippen molar-refractivity contribution in [2.45, 2.75) is 4.90 Å². The van der Waals surface area contributed by atoms with Gasteiger partial charge < -0.3 is 14.2 Å². The van der Waals surface area contributed by atoms with Crippen molar-refractivity contribution < 1.29 is 27.1 Å². The van der Waals surface area contributed by atoms with Crippen molar-refractivity contribution in [2.75, 3.05) is 12.4 Å². The number of nitrogens with zero attached hydrogens (tertiary/aromatic N) is 2. The molecule has 3 aromatic carbocycles. The average Bonchev–Trinajstić information content (AvgIpc) is 2.82. The quantitative estimate of drug-likeness (QED) is 0.168. The first-order valence-corrected chi connectivity index (χ1v) is 11.0. The van der Waals surface area contributed by atoms with Crippen LogP contribution < -0.4 is 14.2 Å². The maximum atomic E-state index is 12.5. The number of anilines is 1. The number of hydrogen-bond acceptors (Lipinski definition) is 8. The number of nitro benzene ring substituents is 1. The van der Waals surface area contributed by atoms with Gasteiger partial charge in [0.25, 0.3) is 11.6 Å². The van der Waals surface area contributed by atoms with Gasteiger partial charge in [0.05, 0.1) is 12.0 Å². The molecule has 0 aliphatic heterocycles. The molecule has 0 spiro atoms. The summed E-state index contributed by atoms with van der Waals surface area (Å²) in [7, 11) is -2.88. The van der Waals surface area contributed by atoms with Crippen LogP contribution in [0.3, 0.4) is 0 Å². The fourth-order valence-electron chi connectivity index (χ4n) is 2.80. The van der Waals surface area contributed by atoms with Crippen LogP contribution >= 0.6 is 0 Å². The monoisotopic (exact) mass is 479 g/mol. The lowest BCUT2D eigenvalue weighted by molar-refractivity contribution is -0.385. The zero-order valence-corrected chi connectivity index (χ0v) is 18.5. The lowest BCUT2D eigenvalue weighted by atomic mass is 10.1. The van der Waals surface area contributed by atoms with Crippen LogP contribution in [0.15, 0.2) is 83.3 Å². The Balaban J connectivity index is 1.82. The van der Waals surface area contributed by atoms with E-state index < -0.39 is 31.5 Å². The van der Waals surface area contributed by atoms with Crippen molar-refractivity contribution in [3.05, 3.63) is 94.0 Å². The molecule has 0 radical (unpaired) electrons. The number of rotatable bonds is 8. The van der Waals surface area contributed by atoms with Crippen molar-refractivity contribution in [3.63, 3.8) is 0 Å². The minimum absolute atomic E-state index is 0.106. The first kappa shape index (κ1) is 24.0. The number of nitriles is 1. The van der Waals surface area contributed by atoms with E-state index in [-0.39, 0.29) is 11.3 Å². The summed E-state index contributed by atoms with van der Waals surface area (Å²) in [6.45, 7) is 0. The first-order chi connectivity index (χ1) is 16.2. The van der Waals surface area contributed by atoms with Gasteiger partial charge in [0.2, 0.25) is 0 Å². The van der Waals surface area contributed by atoms with Crippen LogP contribution in [0.25, 0.3) is 6.08 Å². The smallest absolute Gasteiger partial charge is 0.339 e. The molecule has 172 valence electrons. The van der Waals surface area contributed by atoms with Gasteiger partial charge in [0.1, 0.15) is 28.0 Å². The second kappa shape index (κ2) is 10.3. The molecule has 3 rings (SSSR count). The van der Waals surface area contributed by atoms with E-state index in [1.165, 1.54) is 43.5 Å². The summed E-state index contributed by atoms with van der Waals surface area (Å²) in [6, 6.07) is 18.5. The molecule has 1 N–H and O–H groups in total. The van der Waals surface area contributed by atoms with Gasteiger partial charge in [-0.1, -0.05) is 24.3 Å². The number of nitro groups is 1. The summed E-state index contributed by atoms with van der Waals surface area (Å²) >= 11 is 0. The number of carbonyl (C=O) groups excluding carboxylic acids is 1. The predicted molar refractivity (Wildman–Crippen MR) is 123 cm³/mol. The number of amides is 1. The predicted octanol–water partition coefficient (Wildman–Crippen LogP) is 3.92. The van der Waals surface area contributed by atoms with E-state index >= 15 is 0 Å². The molecule has 0 aromatic heterocycles. The van der Waals surface area contributed by atoms with E-state index in [9.17, 15) is 28.6 Å². The molecule has 34 heavy (non-hydrogen) atoms. The van der Waals surface area contributed by atoms with E-state index in [0.29, 0.717) is 17.0 Å². The number of benzene rings is 3. The number of carbonyl (C=O) groups is 1. The van der Waals surface area contributed by atoms with Gasteiger partial charge >= 0.3 is 10.1 Å². The zero-order chi connectivity index (χ0) is 24.7. The summed E-state index contributed by atoms with van der Waals surface area (Å²) < 4.78 is 35.3. The fraction of sp³-hybridized carbons (Fsp3) is 0.0435. The molecular weight excluding hydrogens is 462 g/mol. The van der Waals surface area contributed by atoms with Crippen LogP contribution in [-0.2, 0) is 14.9 Å². The minimum atomic E-state index is -4.37. The third-order valence-corrected chi connectivity index (χ3v) is 5.63. The molecule has 0 unspecified atom stereocenters. The van der Waals surface area contributed by atoms with Crippen molar-refractivity contribution in [1.29, 1.82) is 5.26 Å². The minimum Gasteiger partial charge on any atom is -0.497 e. The Kier molecular flexibility index (Phi) is 7.25. The topological polar surface area (TPSA) is 149 Å². The summed E-state index contributed by atoms with van der Waals surface area (Å²) in [5.74, 6) is -0.257. The third-order valence-electron chi connectivity index (χ3n) is 4.38. The van der Waals surface area contributed by atoms with Crippen LogP contribution in [-0.4, -0.2) is 26.4 Å². The molecule has 0 bridgehead atoms. The van der Waals surface area contributed by atoms with Crippen molar-refractivity contribution in [2.24, 2.45) is 0 Å². The van der Waals surface area contributed by atoms with E-state index in [1.54, 1.807) is 36.4 Å². The highest BCUT2D eigenvalue weighted by Crippen LogP contribution is 2.24. The SMILES string of the molecule is COc1cccc(NC(=O)/C(C#N)=C/c2cccc(OS(=O)(=O)c3cccc([N+](=O)[O-])c3)c2)c1. The van der Waals surface area contributed by atoms with E-state index in [1.807, 2.05) is 0 Å². The number of ether oxygens (including phenoxy) is 1. The molecular formula is C23H17N3O7S. The summed E-state index contributed by atoms with van der Waals surface area (Å²) in [5.41, 5.74) is 0.110. The maximum absolute atomic E-state index is 12.5. The van der Waals surface area contributed by atoms with Gasteiger partial charge in [-0.25, -0.2) is 0 Å². The third kappa shape index (κ3) is 5.96. The number of methoxy groups -OCH3 is 1. The summed E-state index contributed by atoms with van der Waals surface area (Å²) in [4.78, 5) is 22.3. The van der Waals surface area contributed by atoms with Crippen LogP contribution in [0.5, 0.6) is 11.5 Å². The normalized spacial score (nSPS) is 11.2.